The summed E-state index contributed by atoms with van der Waals surface area (Å²) in [5.41, 5.74) is 0.479. The summed E-state index contributed by atoms with van der Waals surface area (Å²) in [5, 5.41) is 3.23. The largest absolute Gasteiger partial charge is 0.495 e. The molecule has 0 saturated carbocycles. The van der Waals surface area contributed by atoms with Crippen LogP contribution in [0.25, 0.3) is 0 Å². The molecule has 0 bridgehead atoms. The van der Waals surface area contributed by atoms with Crippen molar-refractivity contribution in [2.75, 3.05) is 45.7 Å². The van der Waals surface area contributed by atoms with Gasteiger partial charge in [0.2, 0.25) is 5.91 Å². The zero-order valence-corrected chi connectivity index (χ0v) is 16.4. The molecule has 1 fully saturated rings. The number of quaternary nitrogens is 1. The Kier molecular flexibility index (Phi) is 7.25. The number of hydrogen-bond acceptors (Lipinski definition) is 4. The van der Waals surface area contributed by atoms with Gasteiger partial charge in [0.25, 0.3) is 5.91 Å². The fraction of sp³-hybridized carbons (Fsp3) is 0.556. The lowest BCUT2D eigenvalue weighted by atomic mass is 10.2. The van der Waals surface area contributed by atoms with E-state index in [1.165, 1.54) is 16.9 Å². The number of amides is 2. The molecular weight excluding hydrogens is 358 g/mol. The van der Waals surface area contributed by atoms with Gasteiger partial charge in [-0.25, -0.2) is 0 Å². The molecule has 2 amide bonds. The quantitative estimate of drug-likeness (QED) is 0.746. The number of methoxy groups -OCH3 is 1. The molecule has 144 valence electrons. The van der Waals surface area contributed by atoms with E-state index in [9.17, 15) is 9.59 Å². The van der Waals surface area contributed by atoms with Crippen LogP contribution in [0.15, 0.2) is 18.2 Å². The number of hydrogen-bond donors (Lipinski definition) is 2. The van der Waals surface area contributed by atoms with Gasteiger partial charge in [0.15, 0.2) is 6.54 Å². The second-order valence-electron chi connectivity index (χ2n) is 6.73. The van der Waals surface area contributed by atoms with Gasteiger partial charge in [0.1, 0.15) is 31.0 Å². The summed E-state index contributed by atoms with van der Waals surface area (Å²) >= 11 is 5.96. The maximum Gasteiger partial charge on any atom is 0.277 e. The van der Waals surface area contributed by atoms with Crippen molar-refractivity contribution in [1.29, 1.82) is 0 Å². The zero-order valence-electron chi connectivity index (χ0n) is 15.7. The Morgan fingerprint density at radius 1 is 1.35 bits per heavy atom. The van der Waals surface area contributed by atoms with E-state index in [-0.39, 0.29) is 30.6 Å². The average Bonchev–Trinajstić information content (AvgIpc) is 2.53. The van der Waals surface area contributed by atoms with Crippen molar-refractivity contribution in [3.05, 3.63) is 23.2 Å². The summed E-state index contributed by atoms with van der Waals surface area (Å²) in [5.74, 6) is 0.132. The fourth-order valence-electron chi connectivity index (χ4n) is 3.15. The van der Waals surface area contributed by atoms with Crippen molar-refractivity contribution >= 4 is 29.1 Å². The highest BCUT2D eigenvalue weighted by Crippen LogP contribution is 2.27. The maximum atomic E-state index is 12.4. The molecule has 1 aliphatic heterocycles. The summed E-state index contributed by atoms with van der Waals surface area (Å²) in [4.78, 5) is 27.3. The van der Waals surface area contributed by atoms with Crippen LogP contribution in [0.5, 0.6) is 5.75 Å². The third-order valence-electron chi connectivity index (χ3n) is 4.26. The Hall–Kier alpha value is -1.83. The number of carbonyl (C=O) groups is 2. The van der Waals surface area contributed by atoms with Crippen LogP contribution in [-0.4, -0.2) is 69.3 Å². The number of benzene rings is 1. The molecule has 0 aliphatic carbocycles. The number of rotatable bonds is 6. The highest BCUT2D eigenvalue weighted by atomic mass is 35.5. The SMILES string of the molecule is COc1ccc(Cl)cc1NC(=O)CN(C)C(=O)C[NH+]1C[C@@H](C)O[C@H](C)C1. The van der Waals surface area contributed by atoms with Gasteiger partial charge in [-0.15, -0.1) is 0 Å². The third-order valence-corrected chi connectivity index (χ3v) is 4.50. The van der Waals surface area contributed by atoms with Crippen LogP contribution in [0.3, 0.4) is 0 Å². The van der Waals surface area contributed by atoms with E-state index < -0.39 is 0 Å². The Morgan fingerprint density at radius 3 is 2.62 bits per heavy atom. The smallest absolute Gasteiger partial charge is 0.277 e. The second kappa shape index (κ2) is 9.21. The van der Waals surface area contributed by atoms with E-state index in [0.29, 0.717) is 23.0 Å². The van der Waals surface area contributed by atoms with Gasteiger partial charge in [-0.2, -0.15) is 0 Å². The minimum atomic E-state index is -0.305. The van der Waals surface area contributed by atoms with Crippen LogP contribution >= 0.6 is 11.6 Å². The van der Waals surface area contributed by atoms with Crippen LogP contribution in [0.2, 0.25) is 5.02 Å². The predicted octanol–water partition coefficient (Wildman–Crippen LogP) is 0.438. The molecule has 0 spiro atoms. The summed E-state index contributed by atoms with van der Waals surface area (Å²) in [6, 6.07) is 4.97. The van der Waals surface area contributed by atoms with Crippen LogP contribution < -0.4 is 15.0 Å². The Bertz CT molecular complexity index is 645. The van der Waals surface area contributed by atoms with E-state index in [1.54, 1.807) is 25.2 Å². The van der Waals surface area contributed by atoms with Gasteiger partial charge in [-0.3, -0.25) is 9.59 Å². The lowest BCUT2D eigenvalue weighted by Crippen LogP contribution is -3.16. The summed E-state index contributed by atoms with van der Waals surface area (Å²) < 4.78 is 10.9. The Labute approximate surface area is 159 Å². The molecule has 26 heavy (non-hydrogen) atoms. The minimum Gasteiger partial charge on any atom is -0.495 e. The van der Waals surface area contributed by atoms with Crippen molar-refractivity contribution in [2.24, 2.45) is 0 Å². The maximum absolute atomic E-state index is 12.4. The van der Waals surface area contributed by atoms with Crippen molar-refractivity contribution in [1.82, 2.24) is 4.90 Å². The summed E-state index contributed by atoms with van der Waals surface area (Å²) in [7, 11) is 3.14. The van der Waals surface area contributed by atoms with Gasteiger partial charge in [0.05, 0.1) is 19.3 Å². The molecule has 0 radical (unpaired) electrons. The zero-order chi connectivity index (χ0) is 19.3. The topological polar surface area (TPSA) is 72.3 Å². The van der Waals surface area contributed by atoms with Crippen LogP contribution in [0, 0.1) is 0 Å². The lowest BCUT2D eigenvalue weighted by molar-refractivity contribution is -0.907. The summed E-state index contributed by atoms with van der Waals surface area (Å²) in [6.45, 7) is 5.91. The molecule has 1 aliphatic rings. The van der Waals surface area contributed by atoms with Crippen molar-refractivity contribution < 1.29 is 24.0 Å². The Balaban J connectivity index is 1.88. The molecule has 0 aromatic heterocycles. The molecule has 8 heteroatoms. The lowest BCUT2D eigenvalue weighted by Gasteiger charge is -2.32. The van der Waals surface area contributed by atoms with E-state index >= 15 is 0 Å². The first-order valence-corrected chi connectivity index (χ1v) is 9.02. The molecule has 2 N–H and O–H groups in total. The highest BCUT2D eigenvalue weighted by molar-refractivity contribution is 6.31. The van der Waals surface area contributed by atoms with Gasteiger partial charge in [0, 0.05) is 12.1 Å². The van der Waals surface area contributed by atoms with E-state index in [2.05, 4.69) is 5.32 Å². The normalized spacial score (nSPS) is 22.6. The number of ether oxygens (including phenoxy) is 2. The number of morpholine rings is 1. The molecule has 1 heterocycles. The second-order valence-corrected chi connectivity index (χ2v) is 7.17. The third kappa shape index (κ3) is 5.86. The number of anilines is 1. The molecule has 2 rings (SSSR count). The molecule has 1 saturated heterocycles. The number of carbonyl (C=O) groups excluding carboxylic acids is 2. The number of likely N-dealkylation sites (N-methyl/N-ethyl adjacent to an activating group) is 1. The van der Waals surface area contributed by atoms with Gasteiger partial charge >= 0.3 is 0 Å². The van der Waals surface area contributed by atoms with Gasteiger partial charge in [-0.1, -0.05) is 11.6 Å². The first-order chi connectivity index (χ1) is 12.3. The fourth-order valence-corrected chi connectivity index (χ4v) is 3.33. The van der Waals surface area contributed by atoms with E-state index in [4.69, 9.17) is 21.1 Å². The van der Waals surface area contributed by atoms with Crippen LogP contribution in [-0.2, 0) is 14.3 Å². The monoisotopic (exact) mass is 384 g/mol. The summed E-state index contributed by atoms with van der Waals surface area (Å²) in [6.07, 6.45) is 0.260. The molecule has 2 atom stereocenters. The molecule has 1 aromatic carbocycles. The van der Waals surface area contributed by atoms with Gasteiger partial charge < -0.3 is 24.6 Å². The van der Waals surface area contributed by atoms with Crippen molar-refractivity contribution in [2.45, 2.75) is 26.1 Å². The number of nitrogens with one attached hydrogen (secondary N) is 2. The van der Waals surface area contributed by atoms with Crippen molar-refractivity contribution in [3.63, 3.8) is 0 Å². The number of halogens is 1. The van der Waals surface area contributed by atoms with Crippen molar-refractivity contribution in [3.8, 4) is 5.75 Å². The molecule has 7 nitrogen and oxygen atoms in total. The first kappa shape index (κ1) is 20.5. The number of nitrogens with zero attached hydrogens (tertiary/aromatic N) is 1. The predicted molar refractivity (Wildman–Crippen MR) is 99.8 cm³/mol. The highest BCUT2D eigenvalue weighted by Gasteiger charge is 2.28. The van der Waals surface area contributed by atoms with Gasteiger partial charge in [-0.05, 0) is 32.0 Å². The molecular formula is C18H27ClN3O4+. The van der Waals surface area contributed by atoms with Crippen LogP contribution in [0.1, 0.15) is 13.8 Å². The van der Waals surface area contributed by atoms with Crippen LogP contribution in [0.4, 0.5) is 5.69 Å². The van der Waals surface area contributed by atoms with E-state index in [1.807, 2.05) is 13.8 Å². The minimum absolute atomic E-state index is 0.0383. The molecule has 1 aromatic rings. The average molecular weight is 385 g/mol. The van der Waals surface area contributed by atoms with E-state index in [0.717, 1.165) is 13.1 Å². The first-order valence-electron chi connectivity index (χ1n) is 8.65. The standard InChI is InChI=1S/C18H26ClN3O4/c1-12-8-22(9-13(2)26-12)11-18(24)21(3)10-17(23)20-15-7-14(19)5-6-16(15)25-4/h5-7,12-13H,8-11H2,1-4H3,(H,20,23)/p+1/t12-,13-/m1/s1. The molecule has 0 unspecified atom stereocenters. The Morgan fingerprint density at radius 2 is 2.00 bits per heavy atom.